The van der Waals surface area contributed by atoms with Crippen LogP contribution in [0, 0.1) is 6.92 Å². The van der Waals surface area contributed by atoms with Gasteiger partial charge >= 0.3 is 0 Å². The highest BCUT2D eigenvalue weighted by Gasteiger charge is 2.10. The largest absolute Gasteiger partial charge is 0.386 e. The fourth-order valence-electron chi connectivity index (χ4n) is 1.77. The molecule has 0 aliphatic rings. The molecule has 0 bridgehead atoms. The zero-order valence-corrected chi connectivity index (χ0v) is 11.9. The fourth-order valence-corrected chi connectivity index (χ4v) is 2.82. The molecule has 6 heteroatoms. The maximum Gasteiger partial charge on any atom is 0.101 e. The van der Waals surface area contributed by atoms with Gasteiger partial charge < -0.3 is 10.4 Å². The fraction of sp³-hybridized carbons (Fsp3) is 0.417. The number of rotatable bonds is 5. The lowest BCUT2D eigenvalue weighted by molar-refractivity contribution is 0.178. The van der Waals surface area contributed by atoms with Gasteiger partial charge in [-0.05, 0) is 19.1 Å². The van der Waals surface area contributed by atoms with E-state index < -0.39 is 6.10 Å². The second kappa shape index (κ2) is 5.84. The zero-order chi connectivity index (χ0) is 13.1. The van der Waals surface area contributed by atoms with Crippen molar-refractivity contribution in [1.82, 2.24) is 15.1 Å². The maximum atomic E-state index is 9.95. The van der Waals surface area contributed by atoms with E-state index in [0.29, 0.717) is 17.4 Å². The topological polar surface area (TPSA) is 50.1 Å². The Morgan fingerprint density at radius 2 is 2.33 bits per heavy atom. The van der Waals surface area contributed by atoms with Crippen LogP contribution in [-0.4, -0.2) is 21.4 Å². The third-order valence-corrected chi connectivity index (χ3v) is 4.02. The second-order valence-corrected chi connectivity index (χ2v) is 5.95. The molecule has 2 aromatic rings. The average Bonchev–Trinajstić information content (AvgIpc) is 2.86. The number of thiophene rings is 1. The molecule has 0 spiro atoms. The lowest BCUT2D eigenvalue weighted by Gasteiger charge is -2.09. The molecule has 98 valence electrons. The average molecular weight is 286 g/mol. The molecule has 0 saturated heterocycles. The van der Waals surface area contributed by atoms with Crippen LogP contribution in [0.15, 0.2) is 18.3 Å². The van der Waals surface area contributed by atoms with E-state index in [1.807, 2.05) is 26.2 Å². The monoisotopic (exact) mass is 285 g/mol. The van der Waals surface area contributed by atoms with E-state index in [1.54, 1.807) is 10.7 Å². The molecule has 0 aliphatic carbocycles. The molecule has 0 fully saturated rings. The normalized spacial score (nSPS) is 12.9. The van der Waals surface area contributed by atoms with Crippen molar-refractivity contribution in [2.45, 2.75) is 19.6 Å². The van der Waals surface area contributed by atoms with Gasteiger partial charge in [-0.2, -0.15) is 5.10 Å². The van der Waals surface area contributed by atoms with Gasteiger partial charge in [0, 0.05) is 36.8 Å². The maximum absolute atomic E-state index is 9.95. The summed E-state index contributed by atoms with van der Waals surface area (Å²) in [6, 6.07) is 3.66. The van der Waals surface area contributed by atoms with Crippen molar-refractivity contribution in [3.05, 3.63) is 38.8 Å². The molecule has 0 radical (unpaired) electrons. The molecule has 0 aromatic carbocycles. The van der Waals surface area contributed by atoms with Gasteiger partial charge in [0.15, 0.2) is 0 Å². The summed E-state index contributed by atoms with van der Waals surface area (Å²) in [5.74, 6) is 0. The van der Waals surface area contributed by atoms with Crippen LogP contribution in [0.4, 0.5) is 0 Å². The third-order valence-electron chi connectivity index (χ3n) is 2.69. The van der Waals surface area contributed by atoms with Gasteiger partial charge in [0.05, 0.1) is 10.0 Å². The van der Waals surface area contributed by atoms with Crippen LogP contribution >= 0.6 is 22.9 Å². The Hall–Kier alpha value is -0.880. The van der Waals surface area contributed by atoms with Crippen LogP contribution in [0.5, 0.6) is 0 Å². The molecule has 1 unspecified atom stereocenters. The molecule has 0 saturated carbocycles. The number of aliphatic hydroxyl groups is 1. The highest BCUT2D eigenvalue weighted by molar-refractivity contribution is 7.16. The van der Waals surface area contributed by atoms with E-state index in [4.69, 9.17) is 11.6 Å². The summed E-state index contributed by atoms with van der Waals surface area (Å²) >= 11 is 7.24. The highest BCUT2D eigenvalue weighted by Crippen LogP contribution is 2.26. The number of aliphatic hydroxyl groups excluding tert-OH is 1. The highest BCUT2D eigenvalue weighted by atomic mass is 35.5. The standard InChI is InChI=1S/C12H16ClN3OS/c1-8-9(7-16(2)15-8)5-14-6-10(17)11-3-4-12(13)18-11/h3-4,7,10,14,17H,5-6H2,1-2H3. The van der Waals surface area contributed by atoms with Crippen LogP contribution in [-0.2, 0) is 13.6 Å². The number of nitrogens with zero attached hydrogens (tertiary/aromatic N) is 2. The number of nitrogens with one attached hydrogen (secondary N) is 1. The van der Waals surface area contributed by atoms with Gasteiger partial charge in [-0.3, -0.25) is 4.68 Å². The van der Waals surface area contributed by atoms with Crippen molar-refractivity contribution >= 4 is 22.9 Å². The van der Waals surface area contributed by atoms with Gasteiger partial charge in [0.2, 0.25) is 0 Å². The first-order valence-corrected chi connectivity index (χ1v) is 6.89. The molecule has 2 rings (SSSR count). The SMILES string of the molecule is Cc1nn(C)cc1CNCC(O)c1ccc(Cl)s1. The Morgan fingerprint density at radius 1 is 1.56 bits per heavy atom. The van der Waals surface area contributed by atoms with Crippen molar-refractivity contribution in [1.29, 1.82) is 0 Å². The molecule has 1 atom stereocenters. The molecule has 18 heavy (non-hydrogen) atoms. The van der Waals surface area contributed by atoms with Gasteiger partial charge in [0.25, 0.3) is 0 Å². The Kier molecular flexibility index (Phi) is 4.40. The second-order valence-electron chi connectivity index (χ2n) is 4.20. The first kappa shape index (κ1) is 13.5. The van der Waals surface area contributed by atoms with Crippen molar-refractivity contribution in [2.24, 2.45) is 7.05 Å². The van der Waals surface area contributed by atoms with Crippen LogP contribution in [0.3, 0.4) is 0 Å². The summed E-state index contributed by atoms with van der Waals surface area (Å²) in [6.45, 7) is 3.19. The quantitative estimate of drug-likeness (QED) is 0.886. The molecule has 2 aromatic heterocycles. The summed E-state index contributed by atoms with van der Waals surface area (Å²) in [6.07, 6.45) is 1.47. The molecule has 4 nitrogen and oxygen atoms in total. The summed E-state index contributed by atoms with van der Waals surface area (Å²) in [5, 5.41) is 17.4. The van der Waals surface area contributed by atoms with Crippen molar-refractivity contribution in [3.63, 3.8) is 0 Å². The molecule has 0 aliphatic heterocycles. The van der Waals surface area contributed by atoms with E-state index >= 15 is 0 Å². The van der Waals surface area contributed by atoms with E-state index in [1.165, 1.54) is 11.3 Å². The number of aromatic nitrogens is 2. The van der Waals surface area contributed by atoms with Gasteiger partial charge in [-0.1, -0.05) is 11.6 Å². The summed E-state index contributed by atoms with van der Waals surface area (Å²) in [7, 11) is 1.90. The lowest BCUT2D eigenvalue weighted by atomic mass is 10.2. The predicted octanol–water partition coefficient (Wildman–Crippen LogP) is 2.27. The Labute approximate surface area is 115 Å². The lowest BCUT2D eigenvalue weighted by Crippen LogP contribution is -2.20. The van der Waals surface area contributed by atoms with Crippen molar-refractivity contribution in [3.8, 4) is 0 Å². The van der Waals surface area contributed by atoms with E-state index in [0.717, 1.165) is 16.1 Å². The minimum absolute atomic E-state index is 0.505. The number of hydrogen-bond donors (Lipinski definition) is 2. The predicted molar refractivity (Wildman–Crippen MR) is 73.9 cm³/mol. The van der Waals surface area contributed by atoms with Gasteiger partial charge in [-0.25, -0.2) is 0 Å². The number of halogens is 1. The first-order chi connectivity index (χ1) is 8.56. The molecule has 2 N–H and O–H groups in total. The van der Waals surface area contributed by atoms with Gasteiger partial charge in [-0.15, -0.1) is 11.3 Å². The minimum atomic E-state index is -0.514. The van der Waals surface area contributed by atoms with Crippen molar-refractivity contribution < 1.29 is 5.11 Å². The van der Waals surface area contributed by atoms with Crippen LogP contribution in [0.1, 0.15) is 22.2 Å². The molecular weight excluding hydrogens is 270 g/mol. The molecular formula is C12H16ClN3OS. The van der Waals surface area contributed by atoms with E-state index in [2.05, 4.69) is 10.4 Å². The third kappa shape index (κ3) is 3.32. The summed E-state index contributed by atoms with van der Waals surface area (Å²) in [4.78, 5) is 0.885. The Morgan fingerprint density at radius 3 is 2.89 bits per heavy atom. The Bertz CT molecular complexity index is 523. The summed E-state index contributed by atoms with van der Waals surface area (Å²) in [5.41, 5.74) is 2.16. The van der Waals surface area contributed by atoms with Crippen LogP contribution in [0.25, 0.3) is 0 Å². The summed E-state index contributed by atoms with van der Waals surface area (Å²) < 4.78 is 2.49. The first-order valence-electron chi connectivity index (χ1n) is 5.69. The van der Waals surface area contributed by atoms with E-state index in [-0.39, 0.29) is 0 Å². The smallest absolute Gasteiger partial charge is 0.101 e. The minimum Gasteiger partial charge on any atom is -0.386 e. The van der Waals surface area contributed by atoms with Gasteiger partial charge in [0.1, 0.15) is 6.10 Å². The molecule has 0 amide bonds. The molecule has 2 heterocycles. The van der Waals surface area contributed by atoms with Crippen molar-refractivity contribution in [2.75, 3.05) is 6.54 Å². The number of hydrogen-bond acceptors (Lipinski definition) is 4. The zero-order valence-electron chi connectivity index (χ0n) is 10.4. The Balaban J connectivity index is 1.83. The van der Waals surface area contributed by atoms with Crippen LogP contribution < -0.4 is 5.32 Å². The van der Waals surface area contributed by atoms with Crippen LogP contribution in [0.2, 0.25) is 4.34 Å². The number of aryl methyl sites for hydroxylation is 2. The van der Waals surface area contributed by atoms with E-state index in [9.17, 15) is 5.11 Å².